The first-order valence-corrected chi connectivity index (χ1v) is 9.70. The molecule has 0 unspecified atom stereocenters. The van der Waals surface area contributed by atoms with Crippen molar-refractivity contribution in [2.24, 2.45) is 0 Å². The molecule has 1 aromatic rings. The number of esters is 1. The number of rotatable bonds is 5. The van der Waals surface area contributed by atoms with Gasteiger partial charge in [-0.25, -0.2) is 13.2 Å². The maximum absolute atomic E-state index is 12.6. The van der Waals surface area contributed by atoms with Crippen molar-refractivity contribution in [1.82, 2.24) is 9.21 Å². The van der Waals surface area contributed by atoms with Crippen LogP contribution in [0.3, 0.4) is 0 Å². The molecule has 25 heavy (non-hydrogen) atoms. The van der Waals surface area contributed by atoms with Gasteiger partial charge in [-0.3, -0.25) is 4.79 Å². The molecule has 0 bridgehead atoms. The molecule has 8 heteroatoms. The summed E-state index contributed by atoms with van der Waals surface area (Å²) in [6, 6.07) is 5.62. The van der Waals surface area contributed by atoms with Gasteiger partial charge in [-0.15, -0.1) is 0 Å². The molecule has 0 aliphatic carbocycles. The number of benzene rings is 1. The zero-order valence-corrected chi connectivity index (χ0v) is 15.6. The van der Waals surface area contributed by atoms with E-state index in [0.717, 1.165) is 19.3 Å². The standard InChI is InChI=1S/C17H24N2O5S/c1-13(16(20)18(2)3)24-17(21)14-7-9-15(10-8-14)25(22,23)19-11-5-4-6-12-19/h7-10,13H,4-6,11-12H2,1-3H3/t13-/m1/s1. The molecule has 1 saturated heterocycles. The van der Waals surface area contributed by atoms with Gasteiger partial charge in [0.1, 0.15) is 0 Å². The number of likely N-dealkylation sites (N-methyl/N-ethyl adjacent to an activating group) is 1. The minimum absolute atomic E-state index is 0.156. The number of hydrogen-bond acceptors (Lipinski definition) is 5. The average Bonchev–Trinajstić information content (AvgIpc) is 2.61. The van der Waals surface area contributed by atoms with Crippen LogP contribution in [0, 0.1) is 0 Å². The van der Waals surface area contributed by atoms with Crippen molar-refractivity contribution in [3.05, 3.63) is 29.8 Å². The zero-order chi connectivity index (χ0) is 18.6. The van der Waals surface area contributed by atoms with Crippen LogP contribution in [-0.2, 0) is 19.6 Å². The predicted octanol–water partition coefficient (Wildman–Crippen LogP) is 1.49. The normalized spacial score (nSPS) is 16.9. The Bertz CT molecular complexity index is 722. The number of nitrogens with zero attached hydrogens (tertiary/aromatic N) is 2. The highest BCUT2D eigenvalue weighted by molar-refractivity contribution is 7.89. The highest BCUT2D eigenvalue weighted by atomic mass is 32.2. The van der Waals surface area contributed by atoms with E-state index in [9.17, 15) is 18.0 Å². The SMILES string of the molecule is C[C@@H](OC(=O)c1ccc(S(=O)(=O)N2CCCCC2)cc1)C(=O)N(C)C. The lowest BCUT2D eigenvalue weighted by atomic mass is 10.2. The quantitative estimate of drug-likeness (QED) is 0.736. The van der Waals surface area contributed by atoms with Gasteiger partial charge in [0.15, 0.2) is 6.10 Å². The summed E-state index contributed by atoms with van der Waals surface area (Å²) in [4.78, 5) is 25.3. The summed E-state index contributed by atoms with van der Waals surface area (Å²) < 4.78 is 31.7. The third-order valence-electron chi connectivity index (χ3n) is 4.12. The molecule has 0 N–H and O–H groups in total. The monoisotopic (exact) mass is 368 g/mol. The van der Waals surface area contributed by atoms with E-state index in [1.807, 2.05) is 0 Å². The largest absolute Gasteiger partial charge is 0.449 e. The zero-order valence-electron chi connectivity index (χ0n) is 14.8. The summed E-state index contributed by atoms with van der Waals surface area (Å²) >= 11 is 0. The molecule has 2 rings (SSSR count). The number of amides is 1. The van der Waals surface area contributed by atoms with Gasteiger partial charge in [-0.2, -0.15) is 4.31 Å². The lowest BCUT2D eigenvalue weighted by molar-refractivity contribution is -0.137. The fourth-order valence-electron chi connectivity index (χ4n) is 2.66. The summed E-state index contributed by atoms with van der Waals surface area (Å²) in [6.07, 6.45) is 1.86. The minimum atomic E-state index is -3.53. The lowest BCUT2D eigenvalue weighted by Crippen LogP contribution is -2.35. The summed E-state index contributed by atoms with van der Waals surface area (Å²) in [7, 11) is -0.379. The summed E-state index contributed by atoms with van der Waals surface area (Å²) in [6.45, 7) is 2.54. The molecular weight excluding hydrogens is 344 g/mol. The smallest absolute Gasteiger partial charge is 0.338 e. The number of ether oxygens (including phenoxy) is 1. The van der Waals surface area contributed by atoms with Crippen molar-refractivity contribution in [2.45, 2.75) is 37.2 Å². The fraction of sp³-hybridized carbons (Fsp3) is 0.529. The van der Waals surface area contributed by atoms with E-state index >= 15 is 0 Å². The first kappa shape index (κ1) is 19.4. The molecule has 7 nitrogen and oxygen atoms in total. The second-order valence-electron chi connectivity index (χ2n) is 6.27. The van der Waals surface area contributed by atoms with Crippen molar-refractivity contribution in [3.63, 3.8) is 0 Å². The Hall–Kier alpha value is -1.93. The highest BCUT2D eigenvalue weighted by Crippen LogP contribution is 2.21. The van der Waals surface area contributed by atoms with Crippen molar-refractivity contribution in [3.8, 4) is 0 Å². The molecule has 1 amide bonds. The molecule has 0 spiro atoms. The van der Waals surface area contributed by atoms with Gasteiger partial charge in [0, 0.05) is 27.2 Å². The summed E-state index contributed by atoms with van der Waals surface area (Å²) in [5, 5.41) is 0. The van der Waals surface area contributed by atoms with Crippen molar-refractivity contribution >= 4 is 21.9 Å². The molecule has 1 aliphatic rings. The Morgan fingerprint density at radius 1 is 1.08 bits per heavy atom. The van der Waals surface area contributed by atoms with Crippen LogP contribution in [0.25, 0.3) is 0 Å². The van der Waals surface area contributed by atoms with Gasteiger partial charge in [-0.05, 0) is 44.0 Å². The Labute approximate surface area is 148 Å². The van der Waals surface area contributed by atoms with Gasteiger partial charge in [0.25, 0.3) is 5.91 Å². The summed E-state index contributed by atoms with van der Waals surface area (Å²) in [5.41, 5.74) is 0.205. The first-order chi connectivity index (χ1) is 11.7. The number of carbonyl (C=O) groups excluding carboxylic acids is 2. The van der Waals surface area contributed by atoms with E-state index in [0.29, 0.717) is 13.1 Å². The predicted molar refractivity (Wildman–Crippen MR) is 92.6 cm³/mol. The molecule has 1 fully saturated rings. The second kappa shape index (κ2) is 7.97. The van der Waals surface area contributed by atoms with Crippen molar-refractivity contribution in [2.75, 3.05) is 27.2 Å². The van der Waals surface area contributed by atoms with Gasteiger partial charge in [0.2, 0.25) is 10.0 Å². The maximum atomic E-state index is 12.6. The van der Waals surface area contributed by atoms with Crippen molar-refractivity contribution < 1.29 is 22.7 Å². The third-order valence-corrected chi connectivity index (χ3v) is 6.03. The van der Waals surface area contributed by atoms with Crippen molar-refractivity contribution in [1.29, 1.82) is 0 Å². The Morgan fingerprint density at radius 3 is 2.16 bits per heavy atom. The van der Waals surface area contributed by atoms with Gasteiger partial charge < -0.3 is 9.64 Å². The molecule has 1 aliphatic heterocycles. The number of sulfonamides is 1. The van der Waals surface area contributed by atoms with Crippen LogP contribution < -0.4 is 0 Å². The van der Waals surface area contributed by atoms with Crippen LogP contribution >= 0.6 is 0 Å². The Kier molecular flexibility index (Phi) is 6.18. The topological polar surface area (TPSA) is 84.0 Å². The lowest BCUT2D eigenvalue weighted by Gasteiger charge is -2.25. The van der Waals surface area contributed by atoms with Crippen LogP contribution in [0.4, 0.5) is 0 Å². The molecular formula is C17H24N2O5S. The van der Waals surface area contributed by atoms with E-state index < -0.39 is 22.1 Å². The molecule has 1 aromatic carbocycles. The van der Waals surface area contributed by atoms with E-state index in [-0.39, 0.29) is 16.4 Å². The van der Waals surface area contributed by atoms with Gasteiger partial charge in [-0.1, -0.05) is 6.42 Å². The van der Waals surface area contributed by atoms with Crippen LogP contribution in [0.15, 0.2) is 29.2 Å². The van der Waals surface area contributed by atoms with Gasteiger partial charge >= 0.3 is 5.97 Å². The Morgan fingerprint density at radius 2 is 1.64 bits per heavy atom. The minimum Gasteiger partial charge on any atom is -0.449 e. The number of piperidine rings is 1. The van der Waals surface area contributed by atoms with E-state index in [2.05, 4.69) is 0 Å². The van der Waals surface area contributed by atoms with E-state index in [1.165, 1.54) is 40.4 Å². The molecule has 138 valence electrons. The van der Waals surface area contributed by atoms with Gasteiger partial charge in [0.05, 0.1) is 10.5 Å². The second-order valence-corrected chi connectivity index (χ2v) is 8.21. The van der Waals surface area contributed by atoms with Crippen LogP contribution in [-0.4, -0.2) is 62.8 Å². The number of carbonyl (C=O) groups is 2. The average molecular weight is 368 g/mol. The summed E-state index contributed by atoms with van der Waals surface area (Å²) in [5.74, 6) is -0.984. The Balaban J connectivity index is 2.08. The third kappa shape index (κ3) is 4.58. The van der Waals surface area contributed by atoms with Crippen LogP contribution in [0.1, 0.15) is 36.5 Å². The number of hydrogen-bond donors (Lipinski definition) is 0. The molecule has 0 saturated carbocycles. The fourth-order valence-corrected chi connectivity index (χ4v) is 4.18. The first-order valence-electron chi connectivity index (χ1n) is 8.26. The molecule has 0 radical (unpaired) electrons. The van der Waals surface area contributed by atoms with Crippen LogP contribution in [0.2, 0.25) is 0 Å². The molecule has 0 aromatic heterocycles. The van der Waals surface area contributed by atoms with E-state index in [4.69, 9.17) is 4.74 Å². The maximum Gasteiger partial charge on any atom is 0.338 e. The van der Waals surface area contributed by atoms with Crippen LogP contribution in [0.5, 0.6) is 0 Å². The molecule has 1 heterocycles. The highest BCUT2D eigenvalue weighted by Gasteiger charge is 2.26. The van der Waals surface area contributed by atoms with E-state index in [1.54, 1.807) is 14.1 Å². The molecule has 1 atom stereocenters.